The van der Waals surface area contributed by atoms with Crippen LogP contribution in [-0.2, 0) is 11.2 Å². The van der Waals surface area contributed by atoms with Gasteiger partial charge in [0.15, 0.2) is 0 Å². The molecule has 1 amide bonds. The van der Waals surface area contributed by atoms with E-state index in [1.807, 2.05) is 12.1 Å². The summed E-state index contributed by atoms with van der Waals surface area (Å²) < 4.78 is 19.2. The molecule has 6 rings (SSSR count). The number of rotatable bonds is 5. The van der Waals surface area contributed by atoms with Crippen LogP contribution < -0.4 is 0 Å². The largest absolute Gasteiger partial charge is 0.448 e. The van der Waals surface area contributed by atoms with Gasteiger partial charge < -0.3 is 14.6 Å². The number of H-pyrrole nitrogens is 1. The van der Waals surface area contributed by atoms with Gasteiger partial charge in [0.1, 0.15) is 18.2 Å². The van der Waals surface area contributed by atoms with Crippen molar-refractivity contribution < 1.29 is 13.9 Å². The van der Waals surface area contributed by atoms with E-state index in [1.54, 1.807) is 11.0 Å². The number of nitrogens with zero attached hydrogens (tertiary/aromatic N) is 3. The van der Waals surface area contributed by atoms with E-state index in [2.05, 4.69) is 51.3 Å². The molecule has 0 bridgehead atoms. The number of amides is 1. The predicted molar refractivity (Wildman–Crippen MR) is 133 cm³/mol. The van der Waals surface area contributed by atoms with Crippen LogP contribution in [-0.4, -0.2) is 65.2 Å². The van der Waals surface area contributed by atoms with E-state index in [-0.39, 0.29) is 17.8 Å². The van der Waals surface area contributed by atoms with Crippen LogP contribution >= 0.6 is 0 Å². The maximum absolute atomic E-state index is 13.4. The number of carbonyl (C=O) groups excluding carboxylic acids is 1. The van der Waals surface area contributed by atoms with Gasteiger partial charge >= 0.3 is 6.09 Å². The molecule has 1 aromatic heterocycles. The Morgan fingerprint density at radius 2 is 1.66 bits per heavy atom. The predicted octanol–water partition coefficient (Wildman–Crippen LogP) is 4.81. The van der Waals surface area contributed by atoms with Crippen LogP contribution in [0.2, 0.25) is 0 Å². The van der Waals surface area contributed by atoms with E-state index < -0.39 is 0 Å². The second-order valence-corrected chi connectivity index (χ2v) is 9.23. The molecular formula is C28H27FN4O2. The highest BCUT2D eigenvalue weighted by molar-refractivity contribution is 5.79. The zero-order valence-electron chi connectivity index (χ0n) is 19.4. The van der Waals surface area contributed by atoms with Crippen molar-refractivity contribution in [2.24, 2.45) is 0 Å². The molecule has 1 fully saturated rings. The molecule has 4 aromatic rings. The molecule has 0 radical (unpaired) electrons. The molecule has 6 nitrogen and oxygen atoms in total. The van der Waals surface area contributed by atoms with Crippen LogP contribution in [0.3, 0.4) is 0 Å². The first-order chi connectivity index (χ1) is 17.2. The summed E-state index contributed by atoms with van der Waals surface area (Å²) in [5, 5.41) is 0. The number of halogens is 1. The molecule has 35 heavy (non-hydrogen) atoms. The quantitative estimate of drug-likeness (QED) is 0.455. The van der Waals surface area contributed by atoms with E-state index >= 15 is 0 Å². The van der Waals surface area contributed by atoms with Crippen LogP contribution in [0.5, 0.6) is 0 Å². The number of aromatic nitrogens is 2. The Kier molecular flexibility index (Phi) is 5.70. The molecule has 1 N–H and O–H groups in total. The van der Waals surface area contributed by atoms with E-state index in [9.17, 15) is 9.18 Å². The molecule has 2 heterocycles. The zero-order chi connectivity index (χ0) is 23.8. The Morgan fingerprint density at radius 3 is 2.37 bits per heavy atom. The van der Waals surface area contributed by atoms with Crippen molar-refractivity contribution in [3.8, 4) is 11.1 Å². The average molecular weight is 471 g/mol. The van der Waals surface area contributed by atoms with Crippen LogP contribution in [0, 0.1) is 5.82 Å². The Labute approximate surface area is 203 Å². The van der Waals surface area contributed by atoms with Gasteiger partial charge in [0.2, 0.25) is 0 Å². The van der Waals surface area contributed by atoms with Crippen molar-refractivity contribution in [1.29, 1.82) is 0 Å². The van der Waals surface area contributed by atoms with Gasteiger partial charge in [-0.2, -0.15) is 0 Å². The van der Waals surface area contributed by atoms with Gasteiger partial charge in [0, 0.05) is 45.1 Å². The summed E-state index contributed by atoms with van der Waals surface area (Å²) in [5.74, 6) is 0.659. The maximum Gasteiger partial charge on any atom is 0.409 e. The smallest absolute Gasteiger partial charge is 0.409 e. The van der Waals surface area contributed by atoms with Gasteiger partial charge in [-0.15, -0.1) is 0 Å². The molecule has 1 aliphatic carbocycles. The van der Waals surface area contributed by atoms with E-state index in [1.165, 1.54) is 34.4 Å². The fourth-order valence-corrected chi connectivity index (χ4v) is 5.26. The van der Waals surface area contributed by atoms with Crippen molar-refractivity contribution in [3.05, 3.63) is 89.5 Å². The molecule has 0 spiro atoms. The molecule has 178 valence electrons. The van der Waals surface area contributed by atoms with Crippen molar-refractivity contribution in [2.75, 3.05) is 39.3 Å². The number of carbonyl (C=O) groups is 1. The number of aromatic amines is 1. The van der Waals surface area contributed by atoms with Crippen LogP contribution in [0.4, 0.5) is 9.18 Å². The van der Waals surface area contributed by atoms with Gasteiger partial charge in [-0.05, 0) is 40.5 Å². The monoisotopic (exact) mass is 470 g/mol. The fourth-order valence-electron chi connectivity index (χ4n) is 5.26. The van der Waals surface area contributed by atoms with E-state index in [0.717, 1.165) is 42.9 Å². The van der Waals surface area contributed by atoms with Crippen molar-refractivity contribution in [3.63, 3.8) is 0 Å². The highest BCUT2D eigenvalue weighted by Gasteiger charge is 2.30. The molecular weight excluding hydrogens is 443 g/mol. The topological polar surface area (TPSA) is 61.5 Å². The van der Waals surface area contributed by atoms with Gasteiger partial charge in [0.25, 0.3) is 0 Å². The zero-order valence-corrected chi connectivity index (χ0v) is 19.4. The van der Waals surface area contributed by atoms with Crippen molar-refractivity contribution >= 4 is 17.1 Å². The standard InChI is InChI=1S/C28H27FN4O2/c29-19-9-10-25-26(17-19)31-27(30-25)11-12-32-13-15-33(16-14-32)28(34)35-18-24-22-7-3-1-5-20(22)21-6-2-4-8-23(21)24/h1-10,17,24H,11-16,18H2,(H,30,31). The first-order valence-electron chi connectivity index (χ1n) is 12.1. The average Bonchev–Trinajstić information content (AvgIpc) is 3.44. The number of hydrogen-bond acceptors (Lipinski definition) is 4. The van der Waals surface area contributed by atoms with Crippen molar-refractivity contribution in [2.45, 2.75) is 12.3 Å². The second-order valence-electron chi connectivity index (χ2n) is 9.23. The summed E-state index contributed by atoms with van der Waals surface area (Å²) in [6.07, 6.45) is 0.507. The van der Waals surface area contributed by atoms with Crippen molar-refractivity contribution in [1.82, 2.24) is 19.8 Å². The summed E-state index contributed by atoms with van der Waals surface area (Å²) in [6, 6.07) is 21.3. The minimum Gasteiger partial charge on any atom is -0.448 e. The Bertz CT molecular complexity index is 1330. The Morgan fingerprint density at radius 1 is 0.971 bits per heavy atom. The van der Waals surface area contributed by atoms with Crippen LogP contribution in [0.25, 0.3) is 22.2 Å². The minimum atomic E-state index is -0.267. The number of hydrogen-bond donors (Lipinski definition) is 1. The summed E-state index contributed by atoms with van der Waals surface area (Å²) >= 11 is 0. The number of benzene rings is 3. The SMILES string of the molecule is O=C(OCC1c2ccccc2-c2ccccc21)N1CCN(CCc2nc3ccc(F)cc3[nH]2)CC1. The van der Waals surface area contributed by atoms with Crippen LogP contribution in [0.15, 0.2) is 66.7 Å². The van der Waals surface area contributed by atoms with E-state index in [4.69, 9.17) is 4.74 Å². The Hall–Kier alpha value is -3.71. The fraction of sp³-hybridized carbons (Fsp3) is 0.286. The van der Waals surface area contributed by atoms with Gasteiger partial charge in [-0.25, -0.2) is 14.2 Å². The molecule has 0 unspecified atom stereocenters. The molecule has 0 atom stereocenters. The second kappa shape index (κ2) is 9.15. The normalized spacial score (nSPS) is 15.9. The molecule has 1 aliphatic heterocycles. The number of imidazole rings is 1. The summed E-state index contributed by atoms with van der Waals surface area (Å²) in [4.78, 5) is 24.7. The lowest BCUT2D eigenvalue weighted by atomic mass is 9.98. The molecule has 3 aromatic carbocycles. The lowest BCUT2D eigenvalue weighted by Crippen LogP contribution is -2.49. The third kappa shape index (κ3) is 4.28. The number of piperazine rings is 1. The molecule has 0 saturated carbocycles. The first-order valence-corrected chi connectivity index (χ1v) is 12.1. The molecule has 2 aliphatic rings. The summed E-state index contributed by atoms with van der Waals surface area (Å²) in [6.45, 7) is 4.04. The summed E-state index contributed by atoms with van der Waals surface area (Å²) in [7, 11) is 0. The number of nitrogens with one attached hydrogen (secondary N) is 1. The highest BCUT2D eigenvalue weighted by Crippen LogP contribution is 2.44. The number of ether oxygens (including phenoxy) is 1. The highest BCUT2D eigenvalue weighted by atomic mass is 19.1. The van der Waals surface area contributed by atoms with E-state index in [0.29, 0.717) is 19.7 Å². The number of fused-ring (bicyclic) bond motifs is 4. The third-order valence-electron chi connectivity index (χ3n) is 7.12. The third-order valence-corrected chi connectivity index (χ3v) is 7.12. The lowest BCUT2D eigenvalue weighted by molar-refractivity contribution is 0.0747. The van der Waals surface area contributed by atoms with Gasteiger partial charge in [0.05, 0.1) is 11.0 Å². The molecule has 1 saturated heterocycles. The summed E-state index contributed by atoms with van der Waals surface area (Å²) in [5.41, 5.74) is 6.40. The van der Waals surface area contributed by atoms with Gasteiger partial charge in [-0.3, -0.25) is 4.90 Å². The maximum atomic E-state index is 13.4. The molecule has 7 heteroatoms. The first kappa shape index (κ1) is 21.8. The minimum absolute atomic E-state index is 0.0740. The Balaban J connectivity index is 1.01. The van der Waals surface area contributed by atoms with Crippen LogP contribution in [0.1, 0.15) is 22.9 Å². The lowest BCUT2D eigenvalue weighted by Gasteiger charge is -2.34. The van der Waals surface area contributed by atoms with Gasteiger partial charge in [-0.1, -0.05) is 48.5 Å².